The highest BCUT2D eigenvalue weighted by molar-refractivity contribution is 5.93. The molecule has 1 aliphatic rings. The first-order valence-electron chi connectivity index (χ1n) is 11.4. The molecule has 8 nitrogen and oxygen atoms in total. The molecule has 0 atom stereocenters. The Labute approximate surface area is 193 Å². The standard InChI is InChI=1S/C25H31N5O3/c1-4-29-21-10-5-6-11-22(21)30(25(29)33)17-24(32)28-14-12-27(13-15-28)16-23(31)26-20-9-7-8-18(2)19(20)3/h5-11H,4,12-17H2,1-3H3,(H,26,31). The van der Waals surface area contributed by atoms with Gasteiger partial charge in [-0.1, -0.05) is 24.3 Å². The fourth-order valence-electron chi connectivity index (χ4n) is 4.40. The van der Waals surface area contributed by atoms with Crippen LogP contribution in [0.5, 0.6) is 0 Å². The normalized spacial score (nSPS) is 14.6. The molecule has 2 heterocycles. The van der Waals surface area contributed by atoms with Crippen molar-refractivity contribution in [2.45, 2.75) is 33.9 Å². The number of rotatable bonds is 6. The monoisotopic (exact) mass is 449 g/mol. The zero-order valence-electron chi connectivity index (χ0n) is 19.5. The molecule has 33 heavy (non-hydrogen) atoms. The smallest absolute Gasteiger partial charge is 0.329 e. The van der Waals surface area contributed by atoms with Gasteiger partial charge in [0, 0.05) is 38.4 Å². The molecule has 4 rings (SSSR count). The zero-order chi connectivity index (χ0) is 23.5. The molecule has 0 radical (unpaired) electrons. The predicted octanol–water partition coefficient (Wildman–Crippen LogP) is 2.22. The van der Waals surface area contributed by atoms with Crippen molar-refractivity contribution < 1.29 is 9.59 Å². The van der Waals surface area contributed by atoms with E-state index in [-0.39, 0.29) is 24.0 Å². The van der Waals surface area contributed by atoms with Crippen LogP contribution in [-0.4, -0.2) is 63.5 Å². The number of piperazine rings is 1. The number of imidazole rings is 1. The summed E-state index contributed by atoms with van der Waals surface area (Å²) in [6.45, 7) is 9.15. The van der Waals surface area contributed by atoms with Crippen LogP contribution >= 0.6 is 0 Å². The van der Waals surface area contributed by atoms with Crippen molar-refractivity contribution in [3.8, 4) is 0 Å². The Bertz CT molecular complexity index is 1230. The van der Waals surface area contributed by atoms with Gasteiger partial charge in [-0.15, -0.1) is 0 Å². The van der Waals surface area contributed by atoms with Crippen molar-refractivity contribution in [3.05, 3.63) is 64.1 Å². The summed E-state index contributed by atoms with van der Waals surface area (Å²) in [7, 11) is 0. The number of fused-ring (bicyclic) bond motifs is 1. The highest BCUT2D eigenvalue weighted by Crippen LogP contribution is 2.18. The third-order valence-corrected chi connectivity index (χ3v) is 6.51. The maximum Gasteiger partial charge on any atom is 0.329 e. The van der Waals surface area contributed by atoms with E-state index >= 15 is 0 Å². The average molecular weight is 450 g/mol. The van der Waals surface area contributed by atoms with Crippen molar-refractivity contribution >= 4 is 28.5 Å². The van der Waals surface area contributed by atoms with E-state index in [1.165, 1.54) is 0 Å². The lowest BCUT2D eigenvalue weighted by atomic mass is 10.1. The first-order valence-corrected chi connectivity index (χ1v) is 11.4. The Morgan fingerprint density at radius 1 is 0.879 bits per heavy atom. The Morgan fingerprint density at radius 2 is 1.55 bits per heavy atom. The molecule has 1 saturated heterocycles. The second-order valence-electron chi connectivity index (χ2n) is 8.55. The van der Waals surface area contributed by atoms with Gasteiger partial charge in [0.05, 0.1) is 17.6 Å². The summed E-state index contributed by atoms with van der Waals surface area (Å²) in [6.07, 6.45) is 0. The summed E-state index contributed by atoms with van der Waals surface area (Å²) < 4.78 is 3.25. The summed E-state index contributed by atoms with van der Waals surface area (Å²) in [4.78, 5) is 42.1. The molecule has 2 amide bonds. The molecule has 0 unspecified atom stereocenters. The predicted molar refractivity (Wildman–Crippen MR) is 129 cm³/mol. The number of aryl methyl sites for hydroxylation is 2. The van der Waals surface area contributed by atoms with Crippen LogP contribution in [0.1, 0.15) is 18.1 Å². The van der Waals surface area contributed by atoms with Gasteiger partial charge in [-0.3, -0.25) is 23.6 Å². The Morgan fingerprint density at radius 3 is 2.21 bits per heavy atom. The van der Waals surface area contributed by atoms with Crippen LogP contribution in [-0.2, 0) is 22.7 Å². The number of carbonyl (C=O) groups excluding carboxylic acids is 2. The minimum atomic E-state index is -0.159. The maximum atomic E-state index is 13.0. The van der Waals surface area contributed by atoms with Gasteiger partial charge in [-0.05, 0) is 50.1 Å². The first kappa shape index (κ1) is 22.8. The van der Waals surface area contributed by atoms with Gasteiger partial charge >= 0.3 is 5.69 Å². The summed E-state index contributed by atoms with van der Waals surface area (Å²) in [5.41, 5.74) is 4.51. The number of hydrogen-bond acceptors (Lipinski definition) is 4. The van der Waals surface area contributed by atoms with Crippen LogP contribution in [0.4, 0.5) is 5.69 Å². The van der Waals surface area contributed by atoms with Crippen LogP contribution in [0.2, 0.25) is 0 Å². The summed E-state index contributed by atoms with van der Waals surface area (Å²) in [5, 5.41) is 2.99. The van der Waals surface area contributed by atoms with E-state index in [4.69, 9.17) is 0 Å². The molecule has 1 aliphatic heterocycles. The molecule has 0 bridgehead atoms. The number of nitrogens with one attached hydrogen (secondary N) is 1. The third kappa shape index (κ3) is 4.71. The fourth-order valence-corrected chi connectivity index (χ4v) is 4.40. The highest BCUT2D eigenvalue weighted by Gasteiger charge is 2.24. The second-order valence-corrected chi connectivity index (χ2v) is 8.55. The quantitative estimate of drug-likeness (QED) is 0.626. The minimum absolute atomic E-state index is 0.0272. The second kappa shape index (κ2) is 9.62. The molecule has 1 fully saturated rings. The molecule has 174 valence electrons. The molecular formula is C25H31N5O3. The van der Waals surface area contributed by atoms with Crippen molar-refractivity contribution in [1.82, 2.24) is 18.9 Å². The fraction of sp³-hybridized carbons (Fsp3) is 0.400. The van der Waals surface area contributed by atoms with Crippen LogP contribution in [0.25, 0.3) is 11.0 Å². The molecule has 1 N–H and O–H groups in total. The van der Waals surface area contributed by atoms with Gasteiger partial charge in [-0.25, -0.2) is 4.79 Å². The number of anilines is 1. The third-order valence-electron chi connectivity index (χ3n) is 6.51. The van der Waals surface area contributed by atoms with Crippen molar-refractivity contribution in [2.75, 3.05) is 38.0 Å². The van der Waals surface area contributed by atoms with Crippen LogP contribution < -0.4 is 11.0 Å². The SMILES string of the molecule is CCn1c(=O)n(CC(=O)N2CCN(CC(=O)Nc3cccc(C)c3C)CC2)c2ccccc21. The van der Waals surface area contributed by atoms with E-state index in [0.29, 0.717) is 39.3 Å². The van der Waals surface area contributed by atoms with E-state index in [1.54, 1.807) is 14.0 Å². The molecule has 0 spiro atoms. The van der Waals surface area contributed by atoms with Crippen LogP contribution in [0.3, 0.4) is 0 Å². The van der Waals surface area contributed by atoms with E-state index < -0.39 is 0 Å². The summed E-state index contributed by atoms with van der Waals surface area (Å²) in [5.74, 6) is -0.127. The van der Waals surface area contributed by atoms with E-state index in [9.17, 15) is 14.4 Å². The molecule has 0 aliphatic carbocycles. The van der Waals surface area contributed by atoms with Gasteiger partial charge in [0.2, 0.25) is 11.8 Å². The van der Waals surface area contributed by atoms with E-state index in [0.717, 1.165) is 27.8 Å². The lowest BCUT2D eigenvalue weighted by molar-refractivity contribution is -0.133. The van der Waals surface area contributed by atoms with Gasteiger partial charge in [0.25, 0.3) is 0 Å². The molecule has 1 aromatic heterocycles. The molecule has 8 heteroatoms. The molecule has 0 saturated carbocycles. The Hall–Kier alpha value is -3.39. The van der Waals surface area contributed by atoms with Crippen molar-refractivity contribution in [1.29, 1.82) is 0 Å². The number of nitrogens with zero attached hydrogens (tertiary/aromatic N) is 4. The topological polar surface area (TPSA) is 79.6 Å². The Balaban J connectivity index is 1.34. The van der Waals surface area contributed by atoms with Crippen LogP contribution in [0, 0.1) is 13.8 Å². The van der Waals surface area contributed by atoms with Gasteiger partial charge < -0.3 is 10.2 Å². The molecular weight excluding hydrogens is 418 g/mol. The van der Waals surface area contributed by atoms with Crippen LogP contribution in [0.15, 0.2) is 47.3 Å². The zero-order valence-corrected chi connectivity index (χ0v) is 19.5. The number of hydrogen-bond donors (Lipinski definition) is 1. The number of amides is 2. The number of aromatic nitrogens is 2. The number of para-hydroxylation sites is 2. The highest BCUT2D eigenvalue weighted by atomic mass is 16.2. The van der Waals surface area contributed by atoms with Crippen molar-refractivity contribution in [3.63, 3.8) is 0 Å². The van der Waals surface area contributed by atoms with Crippen molar-refractivity contribution in [2.24, 2.45) is 0 Å². The van der Waals surface area contributed by atoms with Gasteiger partial charge in [0.1, 0.15) is 6.54 Å². The van der Waals surface area contributed by atoms with E-state index in [2.05, 4.69) is 10.2 Å². The largest absolute Gasteiger partial charge is 0.339 e. The summed E-state index contributed by atoms with van der Waals surface area (Å²) in [6, 6.07) is 13.4. The first-order chi connectivity index (χ1) is 15.9. The lowest BCUT2D eigenvalue weighted by Gasteiger charge is -2.34. The maximum absolute atomic E-state index is 13.0. The average Bonchev–Trinajstić information content (AvgIpc) is 3.08. The lowest BCUT2D eigenvalue weighted by Crippen LogP contribution is -2.51. The van der Waals surface area contributed by atoms with Gasteiger partial charge in [-0.2, -0.15) is 0 Å². The van der Waals surface area contributed by atoms with Gasteiger partial charge in [0.15, 0.2) is 0 Å². The number of benzene rings is 2. The minimum Gasteiger partial charge on any atom is -0.339 e. The summed E-state index contributed by atoms with van der Waals surface area (Å²) >= 11 is 0. The number of carbonyl (C=O) groups is 2. The molecule has 2 aromatic carbocycles. The van der Waals surface area contributed by atoms with E-state index in [1.807, 2.05) is 63.2 Å². The molecule has 3 aromatic rings. The Kier molecular flexibility index (Phi) is 6.65.